The number of rotatable bonds is 4. The molecule has 4 rings (SSSR count). The number of nitrogens with zero attached hydrogens (tertiary/aromatic N) is 4. The highest BCUT2D eigenvalue weighted by Crippen LogP contribution is 2.25. The molecule has 0 fully saturated rings. The van der Waals surface area contributed by atoms with Gasteiger partial charge in [0.15, 0.2) is 0 Å². The van der Waals surface area contributed by atoms with E-state index >= 15 is 0 Å². The third kappa shape index (κ3) is 2.67. The van der Waals surface area contributed by atoms with Crippen LogP contribution in [0.5, 0.6) is 11.5 Å². The summed E-state index contributed by atoms with van der Waals surface area (Å²) in [4.78, 5) is 12.5. The van der Waals surface area contributed by atoms with Gasteiger partial charge >= 0.3 is 5.97 Å². The molecule has 8 heteroatoms. The summed E-state index contributed by atoms with van der Waals surface area (Å²) in [5.74, 6) is 0.621. The quantitative estimate of drug-likeness (QED) is 0.319. The Kier molecular flexibility index (Phi) is 3.85. The maximum Gasteiger partial charge on any atom is 0.343 e. The van der Waals surface area contributed by atoms with E-state index in [1.54, 1.807) is 25.1 Å². The predicted octanol–water partition coefficient (Wildman–Crippen LogP) is 2.48. The molecule has 0 saturated heterocycles. The fourth-order valence-corrected chi connectivity index (χ4v) is 2.63. The summed E-state index contributed by atoms with van der Waals surface area (Å²) in [5.41, 5.74) is 1.03. The molecule has 2 aromatic heterocycles. The first-order valence-corrected chi connectivity index (χ1v) is 7.98. The average Bonchev–Trinajstić information content (AvgIpc) is 3.07. The Balaban J connectivity index is 1.85. The number of aromatic nitrogens is 4. The Morgan fingerprint density at radius 3 is 2.77 bits per heavy atom. The fraction of sp³-hybridized carbons (Fsp3) is 0.111. The molecule has 0 aliphatic heterocycles. The summed E-state index contributed by atoms with van der Waals surface area (Å²) < 4.78 is 12.2. The van der Waals surface area contributed by atoms with Crippen LogP contribution in [0.15, 0.2) is 54.7 Å². The van der Waals surface area contributed by atoms with Crippen LogP contribution in [0.3, 0.4) is 0 Å². The van der Waals surface area contributed by atoms with Crippen molar-refractivity contribution in [3.05, 3.63) is 65.5 Å². The molecule has 0 bridgehead atoms. The molecule has 0 aliphatic carbocycles. The summed E-state index contributed by atoms with van der Waals surface area (Å²) in [6.45, 7) is 1.92. The molecule has 0 radical (unpaired) electrons. The standard InChI is InChI=1S/C18H14N4O4/c1-2-25-18(23)14-11-19-21-16-10-13(26-12-6-4-3-5-7-12)8-9-15(16)22(24)20-17(14)21/h3-11H,2H2,1H3. The molecule has 26 heavy (non-hydrogen) atoms. The van der Waals surface area contributed by atoms with Crippen LogP contribution in [-0.4, -0.2) is 27.3 Å². The number of carbonyl (C=O) groups excluding carboxylic acids is 1. The summed E-state index contributed by atoms with van der Waals surface area (Å²) in [7, 11) is 0. The molecular weight excluding hydrogens is 336 g/mol. The van der Waals surface area contributed by atoms with E-state index < -0.39 is 5.97 Å². The van der Waals surface area contributed by atoms with Crippen molar-refractivity contribution in [2.75, 3.05) is 6.61 Å². The van der Waals surface area contributed by atoms with E-state index in [1.165, 1.54) is 10.7 Å². The van der Waals surface area contributed by atoms with Crippen LogP contribution < -0.4 is 9.58 Å². The van der Waals surface area contributed by atoms with Crippen molar-refractivity contribution in [3.8, 4) is 11.5 Å². The van der Waals surface area contributed by atoms with Gasteiger partial charge in [-0.05, 0) is 30.0 Å². The van der Waals surface area contributed by atoms with Gasteiger partial charge in [0, 0.05) is 17.2 Å². The molecule has 0 atom stereocenters. The van der Waals surface area contributed by atoms with Gasteiger partial charge in [-0.3, -0.25) is 0 Å². The highest BCUT2D eigenvalue weighted by atomic mass is 16.5. The Labute approximate surface area is 147 Å². The monoisotopic (exact) mass is 350 g/mol. The van der Waals surface area contributed by atoms with Crippen LogP contribution in [0.2, 0.25) is 0 Å². The third-order valence-corrected chi connectivity index (χ3v) is 3.78. The number of esters is 1. The lowest BCUT2D eigenvalue weighted by Gasteiger charge is -2.07. The number of carbonyl (C=O) groups is 1. The smallest absolute Gasteiger partial charge is 0.343 e. The van der Waals surface area contributed by atoms with Crippen molar-refractivity contribution in [1.82, 2.24) is 14.7 Å². The normalized spacial score (nSPS) is 11.0. The summed E-state index contributed by atoms with van der Waals surface area (Å²) >= 11 is 0. The molecule has 0 amide bonds. The Morgan fingerprint density at radius 2 is 2.00 bits per heavy atom. The molecule has 0 unspecified atom stereocenters. The highest BCUT2D eigenvalue weighted by molar-refractivity contribution is 5.96. The number of para-hydroxylation sites is 1. The first kappa shape index (κ1) is 15.8. The van der Waals surface area contributed by atoms with Crippen LogP contribution in [0, 0.1) is 5.21 Å². The maximum absolute atomic E-state index is 12.3. The van der Waals surface area contributed by atoms with E-state index in [0.29, 0.717) is 27.4 Å². The van der Waals surface area contributed by atoms with Crippen molar-refractivity contribution >= 4 is 22.6 Å². The topological polar surface area (TPSA) is 92.7 Å². The van der Waals surface area contributed by atoms with Gasteiger partial charge in [-0.25, -0.2) is 9.31 Å². The van der Waals surface area contributed by atoms with Crippen LogP contribution in [-0.2, 0) is 4.74 Å². The molecule has 0 N–H and O–H groups in total. The van der Waals surface area contributed by atoms with Gasteiger partial charge in [0.05, 0.1) is 12.8 Å². The largest absolute Gasteiger partial charge is 0.594 e. The van der Waals surface area contributed by atoms with E-state index in [-0.39, 0.29) is 17.8 Å². The lowest BCUT2D eigenvalue weighted by atomic mass is 10.2. The van der Waals surface area contributed by atoms with Crippen molar-refractivity contribution in [2.24, 2.45) is 0 Å². The van der Waals surface area contributed by atoms with E-state index in [0.717, 1.165) is 0 Å². The molecule has 2 heterocycles. The molecule has 8 nitrogen and oxygen atoms in total. The molecule has 4 aromatic rings. The Bertz CT molecular complexity index is 1110. The van der Waals surface area contributed by atoms with Crippen LogP contribution in [0.25, 0.3) is 16.7 Å². The van der Waals surface area contributed by atoms with Gasteiger partial charge in [-0.1, -0.05) is 18.2 Å². The number of fused-ring (bicyclic) bond motifs is 3. The highest BCUT2D eigenvalue weighted by Gasteiger charge is 2.21. The first-order valence-electron chi connectivity index (χ1n) is 7.98. The molecule has 2 aromatic carbocycles. The summed E-state index contributed by atoms with van der Waals surface area (Å²) in [6.07, 6.45) is 1.34. The lowest BCUT2D eigenvalue weighted by molar-refractivity contribution is -0.640. The van der Waals surface area contributed by atoms with E-state index in [1.807, 2.05) is 30.3 Å². The predicted molar refractivity (Wildman–Crippen MR) is 91.9 cm³/mol. The fourth-order valence-electron chi connectivity index (χ4n) is 2.63. The lowest BCUT2D eigenvalue weighted by Crippen LogP contribution is -2.33. The minimum absolute atomic E-state index is 0.128. The van der Waals surface area contributed by atoms with Crippen LogP contribution in [0.1, 0.15) is 17.3 Å². The molecule has 0 spiro atoms. The van der Waals surface area contributed by atoms with Crippen LogP contribution in [0.4, 0.5) is 0 Å². The number of benzene rings is 2. The minimum Gasteiger partial charge on any atom is -0.594 e. The van der Waals surface area contributed by atoms with Gasteiger partial charge in [-0.15, -0.1) is 0 Å². The summed E-state index contributed by atoms with van der Waals surface area (Å²) in [6, 6.07) is 14.2. The number of hydrogen-bond acceptors (Lipinski definition) is 6. The van der Waals surface area contributed by atoms with Crippen LogP contribution >= 0.6 is 0 Å². The van der Waals surface area contributed by atoms with E-state index in [2.05, 4.69) is 10.2 Å². The van der Waals surface area contributed by atoms with Gasteiger partial charge in [0.2, 0.25) is 5.65 Å². The third-order valence-electron chi connectivity index (χ3n) is 3.78. The second-order valence-corrected chi connectivity index (χ2v) is 5.45. The van der Waals surface area contributed by atoms with Gasteiger partial charge in [0.1, 0.15) is 22.6 Å². The van der Waals surface area contributed by atoms with Crippen molar-refractivity contribution in [2.45, 2.75) is 6.92 Å². The second kappa shape index (κ2) is 6.32. The zero-order valence-electron chi connectivity index (χ0n) is 13.8. The molecule has 0 aliphatic rings. The van der Waals surface area contributed by atoms with Gasteiger partial charge < -0.3 is 14.7 Å². The zero-order valence-corrected chi connectivity index (χ0v) is 13.8. The zero-order chi connectivity index (χ0) is 18.1. The minimum atomic E-state index is -0.578. The molecular formula is C18H14N4O4. The first-order chi connectivity index (χ1) is 12.7. The summed E-state index contributed by atoms with van der Waals surface area (Å²) in [5, 5.41) is 20.4. The van der Waals surface area contributed by atoms with Crippen molar-refractivity contribution in [3.63, 3.8) is 0 Å². The van der Waals surface area contributed by atoms with Gasteiger partial charge in [0.25, 0.3) is 5.52 Å². The second-order valence-electron chi connectivity index (χ2n) is 5.45. The Morgan fingerprint density at radius 1 is 1.19 bits per heavy atom. The van der Waals surface area contributed by atoms with Crippen molar-refractivity contribution in [1.29, 1.82) is 0 Å². The average molecular weight is 350 g/mol. The van der Waals surface area contributed by atoms with Crippen molar-refractivity contribution < 1.29 is 19.1 Å². The van der Waals surface area contributed by atoms with E-state index in [9.17, 15) is 10.0 Å². The van der Waals surface area contributed by atoms with Gasteiger partial charge in [-0.2, -0.15) is 5.10 Å². The molecule has 130 valence electrons. The Hall–Kier alpha value is -3.68. The SMILES string of the molecule is CCOC(=O)c1cnn2c1n[n+]([O-])c1ccc(Oc3ccccc3)cc12. The number of ether oxygens (including phenoxy) is 2. The number of hydrogen-bond donors (Lipinski definition) is 0. The maximum atomic E-state index is 12.3. The molecule has 0 saturated carbocycles. The van der Waals surface area contributed by atoms with E-state index in [4.69, 9.17) is 9.47 Å².